The Labute approximate surface area is 122 Å². The first-order valence-corrected chi connectivity index (χ1v) is 7.72. The lowest BCUT2D eigenvalue weighted by Gasteiger charge is -2.32. The zero-order valence-electron chi connectivity index (χ0n) is 12.4. The van der Waals surface area contributed by atoms with E-state index in [2.05, 4.69) is 6.92 Å². The summed E-state index contributed by atoms with van der Waals surface area (Å²) in [5.41, 5.74) is 6.62. The monoisotopic (exact) mass is 277 g/mol. The number of hydrogen-bond donors (Lipinski definition) is 2. The van der Waals surface area contributed by atoms with Gasteiger partial charge >= 0.3 is 0 Å². The number of benzene rings is 1. The molecule has 0 radical (unpaired) electrons. The fraction of sp³-hybridized carbons (Fsp3) is 0.647. The van der Waals surface area contributed by atoms with Gasteiger partial charge in [-0.2, -0.15) is 0 Å². The van der Waals surface area contributed by atoms with E-state index in [4.69, 9.17) is 10.5 Å². The van der Waals surface area contributed by atoms with Crippen LogP contribution in [0.15, 0.2) is 30.3 Å². The first kappa shape index (κ1) is 15.5. The second-order valence-electron chi connectivity index (χ2n) is 6.10. The van der Waals surface area contributed by atoms with Gasteiger partial charge in [0.15, 0.2) is 0 Å². The molecule has 1 aromatic rings. The molecule has 1 aliphatic carbocycles. The van der Waals surface area contributed by atoms with Crippen LogP contribution in [0.2, 0.25) is 0 Å². The Kier molecular flexibility index (Phi) is 5.58. The van der Waals surface area contributed by atoms with Crippen LogP contribution in [0.5, 0.6) is 0 Å². The molecule has 1 fully saturated rings. The smallest absolute Gasteiger partial charge is 0.0666 e. The number of nitrogens with two attached hydrogens (primary N) is 1. The summed E-state index contributed by atoms with van der Waals surface area (Å²) in [7, 11) is 0. The molecule has 2 rings (SSSR count). The van der Waals surface area contributed by atoms with Crippen LogP contribution in [0.1, 0.15) is 44.6 Å². The van der Waals surface area contributed by atoms with Crippen LogP contribution in [0.4, 0.5) is 0 Å². The van der Waals surface area contributed by atoms with Crippen molar-refractivity contribution in [2.75, 3.05) is 13.2 Å². The van der Waals surface area contributed by atoms with E-state index in [0.717, 1.165) is 12.0 Å². The summed E-state index contributed by atoms with van der Waals surface area (Å²) in [5.74, 6) is 0.641. The molecule has 3 nitrogen and oxygen atoms in total. The second-order valence-corrected chi connectivity index (χ2v) is 6.10. The van der Waals surface area contributed by atoms with Gasteiger partial charge in [0.1, 0.15) is 0 Å². The van der Waals surface area contributed by atoms with E-state index < -0.39 is 5.54 Å². The minimum atomic E-state index is -0.695. The van der Waals surface area contributed by atoms with Gasteiger partial charge in [-0.3, -0.25) is 0 Å². The van der Waals surface area contributed by atoms with Gasteiger partial charge in [-0.1, -0.05) is 50.1 Å². The van der Waals surface area contributed by atoms with Crippen molar-refractivity contribution in [3.63, 3.8) is 0 Å². The summed E-state index contributed by atoms with van der Waals surface area (Å²) in [6, 6.07) is 9.81. The Morgan fingerprint density at radius 2 is 1.95 bits per heavy atom. The molecule has 0 saturated heterocycles. The third kappa shape index (κ3) is 3.81. The predicted molar refractivity (Wildman–Crippen MR) is 81.4 cm³/mol. The van der Waals surface area contributed by atoms with Gasteiger partial charge in [0.2, 0.25) is 0 Å². The fourth-order valence-corrected chi connectivity index (χ4v) is 3.01. The van der Waals surface area contributed by atoms with Crippen LogP contribution in [-0.2, 0) is 10.3 Å². The second kappa shape index (κ2) is 7.21. The number of aliphatic hydroxyl groups excluding tert-OH is 1. The van der Waals surface area contributed by atoms with E-state index >= 15 is 0 Å². The van der Waals surface area contributed by atoms with Crippen molar-refractivity contribution in [3.05, 3.63) is 35.9 Å². The maximum atomic E-state index is 9.65. The molecule has 3 N–H and O–H groups in total. The minimum absolute atomic E-state index is 0.0550. The van der Waals surface area contributed by atoms with E-state index in [1.165, 1.54) is 19.3 Å². The van der Waals surface area contributed by atoms with Gasteiger partial charge in [0.25, 0.3) is 0 Å². The van der Waals surface area contributed by atoms with Crippen molar-refractivity contribution in [2.24, 2.45) is 11.7 Å². The number of hydrogen-bond acceptors (Lipinski definition) is 3. The highest BCUT2D eigenvalue weighted by Gasteiger charge is 2.28. The van der Waals surface area contributed by atoms with Gasteiger partial charge in [-0.15, -0.1) is 0 Å². The molecular formula is C17H27NO2. The highest BCUT2D eigenvalue weighted by atomic mass is 16.5. The van der Waals surface area contributed by atoms with E-state index in [1.54, 1.807) is 0 Å². The zero-order valence-corrected chi connectivity index (χ0v) is 12.4. The van der Waals surface area contributed by atoms with Gasteiger partial charge in [-0.05, 0) is 30.7 Å². The predicted octanol–water partition coefficient (Wildman–Crippen LogP) is 2.82. The van der Waals surface area contributed by atoms with Crippen LogP contribution >= 0.6 is 0 Å². The summed E-state index contributed by atoms with van der Waals surface area (Å²) in [5, 5.41) is 9.65. The van der Waals surface area contributed by atoms with E-state index in [0.29, 0.717) is 25.0 Å². The van der Waals surface area contributed by atoms with Crippen molar-refractivity contribution < 1.29 is 9.84 Å². The summed E-state index contributed by atoms with van der Waals surface area (Å²) in [4.78, 5) is 0. The topological polar surface area (TPSA) is 55.5 Å². The van der Waals surface area contributed by atoms with Crippen LogP contribution in [0.25, 0.3) is 0 Å². The molecule has 3 heteroatoms. The maximum absolute atomic E-state index is 9.65. The lowest BCUT2D eigenvalue weighted by Crippen LogP contribution is -2.42. The normalized spacial score (nSPS) is 26.1. The highest BCUT2D eigenvalue weighted by Crippen LogP contribution is 2.28. The van der Waals surface area contributed by atoms with Gasteiger partial charge in [0.05, 0.1) is 18.2 Å². The molecule has 0 aromatic heterocycles. The minimum Gasteiger partial charge on any atom is -0.394 e. The molecular weight excluding hydrogens is 250 g/mol. The molecule has 3 atom stereocenters. The number of rotatable bonds is 6. The molecule has 0 bridgehead atoms. The van der Waals surface area contributed by atoms with Crippen molar-refractivity contribution in [1.29, 1.82) is 0 Å². The Bertz CT molecular complexity index is 395. The molecule has 0 amide bonds. The van der Waals surface area contributed by atoms with E-state index in [1.807, 2.05) is 30.3 Å². The van der Waals surface area contributed by atoms with Gasteiger partial charge in [-0.25, -0.2) is 0 Å². The SMILES string of the molecule is CC1CCCCC1OCCC(N)(CO)c1ccccc1. The lowest BCUT2D eigenvalue weighted by molar-refractivity contribution is -0.0159. The Morgan fingerprint density at radius 3 is 2.60 bits per heavy atom. The summed E-state index contributed by atoms with van der Waals surface area (Å²) < 4.78 is 6.02. The van der Waals surface area contributed by atoms with Gasteiger partial charge in [0, 0.05) is 6.61 Å². The standard InChI is InChI=1S/C17H27NO2/c1-14-7-5-6-10-16(14)20-12-11-17(18,13-19)15-8-3-2-4-9-15/h2-4,8-9,14,16,19H,5-7,10-13,18H2,1H3. The molecule has 112 valence electrons. The van der Waals surface area contributed by atoms with Crippen molar-refractivity contribution >= 4 is 0 Å². The molecule has 0 spiro atoms. The summed E-state index contributed by atoms with van der Waals surface area (Å²) in [6.07, 6.45) is 6.02. The van der Waals surface area contributed by atoms with Crippen LogP contribution < -0.4 is 5.73 Å². The van der Waals surface area contributed by atoms with Gasteiger partial charge < -0.3 is 15.6 Å². The molecule has 1 aliphatic rings. The molecule has 3 unspecified atom stereocenters. The molecule has 1 saturated carbocycles. The largest absolute Gasteiger partial charge is 0.394 e. The first-order chi connectivity index (χ1) is 9.65. The van der Waals surface area contributed by atoms with Crippen LogP contribution in [0.3, 0.4) is 0 Å². The van der Waals surface area contributed by atoms with Crippen molar-refractivity contribution in [1.82, 2.24) is 0 Å². The summed E-state index contributed by atoms with van der Waals surface area (Å²) >= 11 is 0. The van der Waals surface area contributed by atoms with Crippen molar-refractivity contribution in [3.8, 4) is 0 Å². The van der Waals surface area contributed by atoms with E-state index in [9.17, 15) is 5.11 Å². The Hall–Kier alpha value is -0.900. The fourth-order valence-electron chi connectivity index (χ4n) is 3.01. The number of aliphatic hydroxyl groups is 1. The first-order valence-electron chi connectivity index (χ1n) is 7.72. The van der Waals surface area contributed by atoms with Crippen LogP contribution in [-0.4, -0.2) is 24.4 Å². The average Bonchev–Trinajstić information content (AvgIpc) is 2.50. The zero-order chi connectivity index (χ0) is 14.4. The van der Waals surface area contributed by atoms with Crippen molar-refractivity contribution in [2.45, 2.75) is 50.7 Å². The quantitative estimate of drug-likeness (QED) is 0.840. The average molecular weight is 277 g/mol. The lowest BCUT2D eigenvalue weighted by atomic mass is 9.87. The summed E-state index contributed by atoms with van der Waals surface area (Å²) in [6.45, 7) is 2.82. The highest BCUT2D eigenvalue weighted by molar-refractivity contribution is 5.23. The molecule has 20 heavy (non-hydrogen) atoms. The Balaban J connectivity index is 1.87. The van der Waals surface area contributed by atoms with Crippen LogP contribution in [0, 0.1) is 5.92 Å². The third-order valence-corrected chi connectivity index (χ3v) is 4.54. The molecule has 0 aliphatic heterocycles. The molecule has 1 aromatic carbocycles. The number of ether oxygens (including phenoxy) is 1. The molecule has 0 heterocycles. The Morgan fingerprint density at radius 1 is 1.25 bits per heavy atom. The van der Waals surface area contributed by atoms with E-state index in [-0.39, 0.29) is 6.61 Å². The maximum Gasteiger partial charge on any atom is 0.0666 e. The third-order valence-electron chi connectivity index (χ3n) is 4.54.